The Kier molecular flexibility index (Phi) is 4.45. The molecule has 0 amide bonds. The fourth-order valence-electron chi connectivity index (χ4n) is 2.56. The molecule has 1 saturated heterocycles. The Balaban J connectivity index is 2.06. The van der Waals surface area contributed by atoms with Crippen LogP contribution in [0.3, 0.4) is 0 Å². The molecule has 2 rings (SSSR count). The second-order valence-electron chi connectivity index (χ2n) is 5.03. The van der Waals surface area contributed by atoms with Crippen LogP contribution in [0, 0.1) is 11.7 Å². The first-order valence-corrected chi connectivity index (χ1v) is 6.53. The van der Waals surface area contributed by atoms with Crippen LogP contribution in [-0.4, -0.2) is 13.1 Å². The van der Waals surface area contributed by atoms with E-state index in [0.717, 1.165) is 38.4 Å². The monoisotopic (exact) mass is 275 g/mol. The number of alkyl halides is 3. The van der Waals surface area contributed by atoms with Crippen LogP contribution in [0.1, 0.15) is 30.4 Å². The molecule has 1 aromatic rings. The molecule has 1 aliphatic rings. The minimum absolute atomic E-state index is 0.201. The van der Waals surface area contributed by atoms with Crippen molar-refractivity contribution in [1.29, 1.82) is 0 Å². The number of rotatable bonds is 3. The minimum atomic E-state index is -4.48. The van der Waals surface area contributed by atoms with Gasteiger partial charge < -0.3 is 5.32 Å². The van der Waals surface area contributed by atoms with Crippen LogP contribution in [0.15, 0.2) is 18.2 Å². The summed E-state index contributed by atoms with van der Waals surface area (Å²) in [5.74, 6) is -0.370. The molecule has 1 N–H and O–H groups in total. The average molecular weight is 275 g/mol. The summed E-state index contributed by atoms with van der Waals surface area (Å²) in [6, 6.07) is 2.96. The summed E-state index contributed by atoms with van der Waals surface area (Å²) in [6.45, 7) is 1.86. The lowest BCUT2D eigenvalue weighted by molar-refractivity contribution is -0.138. The summed E-state index contributed by atoms with van der Waals surface area (Å²) in [5, 5.41) is 3.23. The number of halogens is 4. The SMILES string of the molecule is Fc1ccc(CCC2CCNCC2)c(C(F)(F)F)c1. The van der Waals surface area contributed by atoms with Crippen LogP contribution in [0.5, 0.6) is 0 Å². The van der Waals surface area contributed by atoms with Crippen LogP contribution in [-0.2, 0) is 12.6 Å². The van der Waals surface area contributed by atoms with E-state index >= 15 is 0 Å². The maximum absolute atomic E-state index is 13.0. The zero-order chi connectivity index (χ0) is 13.9. The molecule has 1 heterocycles. The van der Waals surface area contributed by atoms with Gasteiger partial charge in [0.2, 0.25) is 0 Å². The molecular formula is C14H17F4N. The molecular weight excluding hydrogens is 258 g/mol. The molecule has 0 radical (unpaired) electrons. The molecule has 1 aliphatic heterocycles. The van der Waals surface area contributed by atoms with Gasteiger partial charge in [0, 0.05) is 0 Å². The Hall–Kier alpha value is -1.10. The van der Waals surface area contributed by atoms with Gasteiger partial charge in [-0.05, 0) is 62.4 Å². The van der Waals surface area contributed by atoms with Gasteiger partial charge in [0.05, 0.1) is 5.56 Å². The average Bonchev–Trinajstić information content (AvgIpc) is 2.37. The van der Waals surface area contributed by atoms with E-state index in [0.29, 0.717) is 18.4 Å². The Morgan fingerprint density at radius 2 is 1.84 bits per heavy atom. The van der Waals surface area contributed by atoms with E-state index in [1.807, 2.05) is 0 Å². The largest absolute Gasteiger partial charge is 0.416 e. The van der Waals surface area contributed by atoms with Gasteiger partial charge in [-0.3, -0.25) is 0 Å². The molecule has 0 unspecified atom stereocenters. The topological polar surface area (TPSA) is 12.0 Å². The van der Waals surface area contributed by atoms with Crippen LogP contribution in [0.25, 0.3) is 0 Å². The van der Waals surface area contributed by atoms with Crippen molar-refractivity contribution in [2.75, 3.05) is 13.1 Å². The molecule has 19 heavy (non-hydrogen) atoms. The molecule has 106 valence electrons. The van der Waals surface area contributed by atoms with Gasteiger partial charge in [-0.25, -0.2) is 4.39 Å². The van der Waals surface area contributed by atoms with E-state index in [-0.39, 0.29) is 5.56 Å². The van der Waals surface area contributed by atoms with E-state index in [9.17, 15) is 17.6 Å². The number of piperidine rings is 1. The van der Waals surface area contributed by atoms with Crippen molar-refractivity contribution in [3.8, 4) is 0 Å². The Morgan fingerprint density at radius 1 is 1.16 bits per heavy atom. The third-order valence-electron chi connectivity index (χ3n) is 3.66. The van der Waals surface area contributed by atoms with Crippen molar-refractivity contribution >= 4 is 0 Å². The van der Waals surface area contributed by atoms with Gasteiger partial charge in [-0.1, -0.05) is 6.07 Å². The van der Waals surface area contributed by atoms with E-state index in [1.54, 1.807) is 0 Å². The van der Waals surface area contributed by atoms with Crippen molar-refractivity contribution < 1.29 is 17.6 Å². The lowest BCUT2D eigenvalue weighted by Crippen LogP contribution is -2.28. The summed E-state index contributed by atoms with van der Waals surface area (Å²) >= 11 is 0. The van der Waals surface area contributed by atoms with Gasteiger partial charge in [0.1, 0.15) is 5.82 Å². The Morgan fingerprint density at radius 3 is 2.47 bits per heavy atom. The van der Waals surface area contributed by atoms with Crippen molar-refractivity contribution in [2.24, 2.45) is 5.92 Å². The first kappa shape index (κ1) is 14.3. The van der Waals surface area contributed by atoms with E-state index < -0.39 is 17.6 Å². The lowest BCUT2D eigenvalue weighted by Gasteiger charge is -2.23. The fourth-order valence-corrected chi connectivity index (χ4v) is 2.56. The number of hydrogen-bond donors (Lipinski definition) is 1. The van der Waals surface area contributed by atoms with Gasteiger partial charge in [0.15, 0.2) is 0 Å². The molecule has 0 atom stereocenters. The molecule has 0 bridgehead atoms. The zero-order valence-corrected chi connectivity index (χ0v) is 10.6. The smallest absolute Gasteiger partial charge is 0.317 e. The molecule has 0 spiro atoms. The summed E-state index contributed by atoms with van der Waals surface area (Å²) in [7, 11) is 0. The minimum Gasteiger partial charge on any atom is -0.317 e. The van der Waals surface area contributed by atoms with E-state index in [1.165, 1.54) is 6.07 Å². The summed E-state index contributed by atoms with van der Waals surface area (Å²) in [6.07, 6.45) is -1.38. The number of benzene rings is 1. The highest BCUT2D eigenvalue weighted by Crippen LogP contribution is 2.33. The normalized spacial score (nSPS) is 17.7. The fraction of sp³-hybridized carbons (Fsp3) is 0.571. The predicted octanol–water partition coefficient (Wildman–Crippen LogP) is 3.78. The van der Waals surface area contributed by atoms with Crippen LogP contribution in [0.4, 0.5) is 17.6 Å². The second kappa shape index (κ2) is 5.90. The Bertz CT molecular complexity index is 422. The van der Waals surface area contributed by atoms with Crippen molar-refractivity contribution in [2.45, 2.75) is 31.9 Å². The van der Waals surface area contributed by atoms with Crippen molar-refractivity contribution in [3.05, 3.63) is 35.1 Å². The maximum atomic E-state index is 13.0. The summed E-state index contributed by atoms with van der Waals surface area (Å²) < 4.78 is 51.4. The molecule has 5 heteroatoms. The molecule has 0 aromatic heterocycles. The zero-order valence-electron chi connectivity index (χ0n) is 10.6. The van der Waals surface area contributed by atoms with Gasteiger partial charge in [-0.2, -0.15) is 13.2 Å². The second-order valence-corrected chi connectivity index (χ2v) is 5.03. The van der Waals surface area contributed by atoms with Crippen LogP contribution in [0.2, 0.25) is 0 Å². The van der Waals surface area contributed by atoms with E-state index in [2.05, 4.69) is 5.32 Å². The lowest BCUT2D eigenvalue weighted by atomic mass is 9.90. The quantitative estimate of drug-likeness (QED) is 0.828. The van der Waals surface area contributed by atoms with Gasteiger partial charge in [-0.15, -0.1) is 0 Å². The van der Waals surface area contributed by atoms with Crippen molar-refractivity contribution in [3.63, 3.8) is 0 Å². The maximum Gasteiger partial charge on any atom is 0.416 e. The van der Waals surface area contributed by atoms with Gasteiger partial charge in [0.25, 0.3) is 0 Å². The first-order valence-electron chi connectivity index (χ1n) is 6.53. The number of nitrogens with one attached hydrogen (secondary N) is 1. The Labute approximate surface area is 110 Å². The standard InChI is InChI=1S/C14H17F4N/c15-12-4-3-11(13(9-12)14(16,17)18)2-1-10-5-7-19-8-6-10/h3-4,9-10,19H,1-2,5-8H2. The molecule has 1 aromatic carbocycles. The predicted molar refractivity (Wildman–Crippen MR) is 65.3 cm³/mol. The number of hydrogen-bond acceptors (Lipinski definition) is 1. The molecule has 1 fully saturated rings. The first-order chi connectivity index (χ1) is 8.97. The summed E-state index contributed by atoms with van der Waals surface area (Å²) in [4.78, 5) is 0. The van der Waals surface area contributed by atoms with Gasteiger partial charge >= 0.3 is 6.18 Å². The highest BCUT2D eigenvalue weighted by Gasteiger charge is 2.33. The third kappa shape index (κ3) is 3.93. The van der Waals surface area contributed by atoms with Crippen molar-refractivity contribution in [1.82, 2.24) is 5.32 Å². The summed E-state index contributed by atoms with van der Waals surface area (Å²) in [5.41, 5.74) is -0.631. The third-order valence-corrected chi connectivity index (χ3v) is 3.66. The highest BCUT2D eigenvalue weighted by molar-refractivity contribution is 5.30. The number of aryl methyl sites for hydroxylation is 1. The molecule has 0 saturated carbocycles. The molecule has 0 aliphatic carbocycles. The van der Waals surface area contributed by atoms with Crippen LogP contribution >= 0.6 is 0 Å². The van der Waals surface area contributed by atoms with Crippen LogP contribution < -0.4 is 5.32 Å². The highest BCUT2D eigenvalue weighted by atomic mass is 19.4. The molecule has 1 nitrogen and oxygen atoms in total. The van der Waals surface area contributed by atoms with E-state index in [4.69, 9.17) is 0 Å².